The molecule has 0 radical (unpaired) electrons. The first-order valence-corrected chi connectivity index (χ1v) is 6.45. The predicted molar refractivity (Wildman–Crippen MR) is 72.9 cm³/mol. The molecule has 0 unspecified atom stereocenters. The van der Waals surface area contributed by atoms with Gasteiger partial charge in [0.25, 0.3) is 0 Å². The average Bonchev–Trinajstić information content (AvgIpc) is 2.68. The van der Waals surface area contributed by atoms with Crippen LogP contribution in [0.3, 0.4) is 0 Å². The van der Waals surface area contributed by atoms with E-state index in [1.807, 2.05) is 0 Å². The SMILES string of the molecule is CC1(C)C(CNc2c(F)cccc2C(=O)O)C1(C)C. The van der Waals surface area contributed by atoms with Crippen LogP contribution >= 0.6 is 0 Å². The summed E-state index contributed by atoms with van der Waals surface area (Å²) in [5.74, 6) is -1.23. The fourth-order valence-corrected chi connectivity index (χ4v) is 2.93. The Bertz CT molecular complexity index is 509. The molecule has 0 bridgehead atoms. The van der Waals surface area contributed by atoms with Gasteiger partial charge in [-0.05, 0) is 28.9 Å². The molecule has 2 N–H and O–H groups in total. The number of halogens is 1. The van der Waals surface area contributed by atoms with E-state index in [9.17, 15) is 9.18 Å². The third-order valence-corrected chi connectivity index (χ3v) is 5.05. The molecule has 1 aromatic rings. The van der Waals surface area contributed by atoms with Crippen LogP contribution in [0.25, 0.3) is 0 Å². The monoisotopic (exact) mass is 265 g/mol. The number of para-hydroxylation sites is 1. The summed E-state index contributed by atoms with van der Waals surface area (Å²) in [6.07, 6.45) is 0. The number of carboxylic acids is 1. The molecule has 0 amide bonds. The van der Waals surface area contributed by atoms with E-state index in [-0.39, 0.29) is 22.1 Å². The van der Waals surface area contributed by atoms with Crippen LogP contribution in [0.2, 0.25) is 0 Å². The highest BCUT2D eigenvalue weighted by Gasteiger charge is 2.64. The van der Waals surface area contributed by atoms with Gasteiger partial charge in [-0.3, -0.25) is 0 Å². The molecular formula is C15H20FNO2. The van der Waals surface area contributed by atoms with Crippen molar-refractivity contribution >= 4 is 11.7 Å². The van der Waals surface area contributed by atoms with Crippen molar-refractivity contribution in [2.75, 3.05) is 11.9 Å². The van der Waals surface area contributed by atoms with E-state index in [1.165, 1.54) is 18.2 Å². The first kappa shape index (κ1) is 13.8. The van der Waals surface area contributed by atoms with Crippen molar-refractivity contribution in [3.63, 3.8) is 0 Å². The zero-order valence-corrected chi connectivity index (χ0v) is 11.7. The molecule has 0 aliphatic heterocycles. The van der Waals surface area contributed by atoms with Crippen molar-refractivity contribution in [2.24, 2.45) is 16.7 Å². The summed E-state index contributed by atoms with van der Waals surface area (Å²) in [5, 5.41) is 12.0. The van der Waals surface area contributed by atoms with E-state index in [0.29, 0.717) is 12.5 Å². The Hall–Kier alpha value is -1.58. The van der Waals surface area contributed by atoms with Gasteiger partial charge in [-0.1, -0.05) is 33.8 Å². The lowest BCUT2D eigenvalue weighted by atomic mass is 10.0. The number of carboxylic acid groups (broad SMARTS) is 1. The van der Waals surface area contributed by atoms with Crippen LogP contribution in [0.5, 0.6) is 0 Å². The third-order valence-electron chi connectivity index (χ3n) is 5.05. The second-order valence-corrected chi connectivity index (χ2v) is 6.34. The lowest BCUT2D eigenvalue weighted by molar-refractivity contribution is 0.0697. The molecule has 0 spiro atoms. The van der Waals surface area contributed by atoms with Crippen molar-refractivity contribution in [3.05, 3.63) is 29.6 Å². The lowest BCUT2D eigenvalue weighted by Gasteiger charge is -2.11. The highest BCUT2D eigenvalue weighted by Crippen LogP contribution is 2.68. The molecule has 0 heterocycles. The van der Waals surface area contributed by atoms with Crippen LogP contribution in [0, 0.1) is 22.6 Å². The normalized spacial score (nSPS) is 20.1. The van der Waals surface area contributed by atoms with Gasteiger partial charge in [0.2, 0.25) is 0 Å². The highest BCUT2D eigenvalue weighted by atomic mass is 19.1. The second kappa shape index (κ2) is 4.22. The molecule has 1 saturated carbocycles. The van der Waals surface area contributed by atoms with Crippen LogP contribution in [-0.2, 0) is 0 Å². The van der Waals surface area contributed by atoms with Crippen molar-refractivity contribution in [3.8, 4) is 0 Å². The Morgan fingerprint density at radius 3 is 2.37 bits per heavy atom. The van der Waals surface area contributed by atoms with E-state index in [4.69, 9.17) is 5.11 Å². The topological polar surface area (TPSA) is 49.3 Å². The van der Waals surface area contributed by atoms with E-state index in [0.717, 1.165) is 0 Å². The molecule has 1 aliphatic carbocycles. The Morgan fingerprint density at radius 1 is 1.32 bits per heavy atom. The van der Waals surface area contributed by atoms with Crippen molar-refractivity contribution in [1.82, 2.24) is 0 Å². The van der Waals surface area contributed by atoms with Gasteiger partial charge in [-0.15, -0.1) is 0 Å². The molecule has 4 heteroatoms. The van der Waals surface area contributed by atoms with E-state index in [2.05, 4.69) is 33.0 Å². The number of hydrogen-bond donors (Lipinski definition) is 2. The number of aromatic carboxylic acids is 1. The standard InChI is InChI=1S/C15H20FNO2/c1-14(2)11(15(14,3)4)8-17-12-9(13(18)19)6-5-7-10(12)16/h5-7,11,17H,8H2,1-4H3,(H,18,19). The van der Waals surface area contributed by atoms with Gasteiger partial charge in [0, 0.05) is 6.54 Å². The molecule has 104 valence electrons. The molecule has 0 aromatic heterocycles. The molecule has 2 rings (SSSR count). The van der Waals surface area contributed by atoms with Gasteiger partial charge in [0.05, 0.1) is 11.3 Å². The Balaban J connectivity index is 2.16. The zero-order chi connectivity index (χ0) is 14.4. The molecule has 3 nitrogen and oxygen atoms in total. The fourth-order valence-electron chi connectivity index (χ4n) is 2.93. The van der Waals surface area contributed by atoms with E-state index in [1.54, 1.807) is 0 Å². The Kier molecular flexibility index (Phi) is 3.07. The van der Waals surface area contributed by atoms with Crippen LogP contribution in [0.4, 0.5) is 10.1 Å². The third kappa shape index (κ3) is 2.09. The summed E-state index contributed by atoms with van der Waals surface area (Å²) in [4.78, 5) is 11.1. The second-order valence-electron chi connectivity index (χ2n) is 6.34. The minimum absolute atomic E-state index is 0.0173. The van der Waals surface area contributed by atoms with Crippen molar-refractivity contribution in [2.45, 2.75) is 27.7 Å². The summed E-state index contributed by atoms with van der Waals surface area (Å²) >= 11 is 0. The molecule has 1 aromatic carbocycles. The maximum Gasteiger partial charge on any atom is 0.337 e. The van der Waals surface area contributed by atoms with Crippen LogP contribution in [0.15, 0.2) is 18.2 Å². The Labute approximate surface area is 112 Å². The quantitative estimate of drug-likeness (QED) is 0.874. The number of hydrogen-bond acceptors (Lipinski definition) is 2. The summed E-state index contributed by atoms with van der Waals surface area (Å²) in [6.45, 7) is 9.30. The van der Waals surface area contributed by atoms with Gasteiger partial charge >= 0.3 is 5.97 Å². The minimum atomic E-state index is -1.11. The minimum Gasteiger partial charge on any atom is -0.478 e. The van der Waals surface area contributed by atoms with Gasteiger partial charge in [-0.2, -0.15) is 0 Å². The summed E-state index contributed by atoms with van der Waals surface area (Å²) in [5.41, 5.74) is 0.452. The fraction of sp³-hybridized carbons (Fsp3) is 0.533. The van der Waals surface area contributed by atoms with Gasteiger partial charge in [0.15, 0.2) is 0 Å². The zero-order valence-electron chi connectivity index (χ0n) is 11.7. The summed E-state index contributed by atoms with van der Waals surface area (Å²) in [6, 6.07) is 4.10. The first-order valence-electron chi connectivity index (χ1n) is 6.45. The molecule has 1 fully saturated rings. The molecular weight excluding hydrogens is 245 g/mol. The first-order chi connectivity index (χ1) is 8.69. The largest absolute Gasteiger partial charge is 0.478 e. The smallest absolute Gasteiger partial charge is 0.337 e. The van der Waals surface area contributed by atoms with Gasteiger partial charge in [-0.25, -0.2) is 9.18 Å². The molecule has 19 heavy (non-hydrogen) atoms. The average molecular weight is 265 g/mol. The summed E-state index contributed by atoms with van der Waals surface area (Å²) in [7, 11) is 0. The maximum absolute atomic E-state index is 13.7. The van der Waals surface area contributed by atoms with Crippen molar-refractivity contribution in [1.29, 1.82) is 0 Å². The van der Waals surface area contributed by atoms with Gasteiger partial charge in [0.1, 0.15) is 5.82 Å². The van der Waals surface area contributed by atoms with Crippen molar-refractivity contribution < 1.29 is 14.3 Å². The lowest BCUT2D eigenvalue weighted by Crippen LogP contribution is -2.13. The van der Waals surface area contributed by atoms with Crippen LogP contribution in [0.1, 0.15) is 38.1 Å². The summed E-state index contributed by atoms with van der Waals surface area (Å²) < 4.78 is 13.7. The van der Waals surface area contributed by atoms with E-state index >= 15 is 0 Å². The molecule has 0 saturated heterocycles. The van der Waals surface area contributed by atoms with E-state index < -0.39 is 11.8 Å². The molecule has 0 atom stereocenters. The van der Waals surface area contributed by atoms with Crippen LogP contribution < -0.4 is 5.32 Å². The predicted octanol–water partition coefficient (Wildman–Crippen LogP) is 3.62. The molecule has 1 aliphatic rings. The Morgan fingerprint density at radius 2 is 1.89 bits per heavy atom. The van der Waals surface area contributed by atoms with Crippen LogP contribution in [-0.4, -0.2) is 17.6 Å². The number of anilines is 1. The number of rotatable bonds is 4. The number of carbonyl (C=O) groups is 1. The number of benzene rings is 1. The highest BCUT2D eigenvalue weighted by molar-refractivity contribution is 5.94. The maximum atomic E-state index is 13.7. The van der Waals surface area contributed by atoms with Gasteiger partial charge < -0.3 is 10.4 Å². The number of nitrogens with one attached hydrogen (secondary N) is 1.